The predicted molar refractivity (Wildman–Crippen MR) is 82.3 cm³/mol. The molecule has 6 heteroatoms. The maximum absolute atomic E-state index is 11.7. The molecule has 108 valence electrons. The fourth-order valence-electron chi connectivity index (χ4n) is 2.25. The summed E-state index contributed by atoms with van der Waals surface area (Å²) in [6.45, 7) is 3.88. The summed E-state index contributed by atoms with van der Waals surface area (Å²) in [7, 11) is 0. The molecule has 2 aromatic heterocycles. The molecule has 0 saturated heterocycles. The van der Waals surface area contributed by atoms with E-state index in [9.17, 15) is 4.79 Å². The van der Waals surface area contributed by atoms with Crippen LogP contribution < -0.4 is 16.6 Å². The molecule has 0 radical (unpaired) electrons. The zero-order valence-electron chi connectivity index (χ0n) is 11.8. The second kappa shape index (κ2) is 4.97. The van der Waals surface area contributed by atoms with Crippen LogP contribution in [0.5, 0.6) is 0 Å². The van der Waals surface area contributed by atoms with Crippen LogP contribution >= 0.6 is 0 Å². The van der Waals surface area contributed by atoms with Gasteiger partial charge in [-0.15, -0.1) is 0 Å². The number of rotatable bonds is 3. The molecule has 0 saturated carbocycles. The van der Waals surface area contributed by atoms with E-state index in [-0.39, 0.29) is 11.6 Å². The van der Waals surface area contributed by atoms with E-state index in [4.69, 9.17) is 10.2 Å². The second-order valence-corrected chi connectivity index (χ2v) is 5.00. The Morgan fingerprint density at radius 3 is 2.90 bits per heavy atom. The number of aromatic amines is 1. The Hall–Kier alpha value is -2.76. The quantitative estimate of drug-likeness (QED) is 0.642. The molecule has 1 aromatic carbocycles. The van der Waals surface area contributed by atoms with Crippen molar-refractivity contribution in [1.29, 1.82) is 0 Å². The standard InChI is InChI=1S/C15H16N4O2/c1-8-3-4-14(21-8)9(2)19-13-6-12-10(5-11(13)16)15(20)18-7-17-12/h3-7,9,19H,16H2,1-2H3,(H,17,18,20). The number of nitrogens with one attached hydrogen (secondary N) is 2. The molecule has 6 nitrogen and oxygen atoms in total. The fourth-order valence-corrected chi connectivity index (χ4v) is 2.25. The zero-order valence-corrected chi connectivity index (χ0v) is 11.8. The smallest absolute Gasteiger partial charge is 0.258 e. The molecule has 0 spiro atoms. The Bertz CT molecular complexity index is 850. The van der Waals surface area contributed by atoms with Gasteiger partial charge in [0.1, 0.15) is 11.5 Å². The van der Waals surface area contributed by atoms with Crippen molar-refractivity contribution in [3.63, 3.8) is 0 Å². The number of hydrogen-bond acceptors (Lipinski definition) is 5. The van der Waals surface area contributed by atoms with Gasteiger partial charge in [0, 0.05) is 0 Å². The summed E-state index contributed by atoms with van der Waals surface area (Å²) in [5, 5.41) is 3.75. The Morgan fingerprint density at radius 2 is 2.19 bits per heavy atom. The maximum atomic E-state index is 11.7. The van der Waals surface area contributed by atoms with Crippen molar-refractivity contribution < 1.29 is 4.42 Å². The first-order chi connectivity index (χ1) is 10.0. The summed E-state index contributed by atoms with van der Waals surface area (Å²) < 4.78 is 5.59. The molecule has 1 unspecified atom stereocenters. The van der Waals surface area contributed by atoms with Gasteiger partial charge >= 0.3 is 0 Å². The largest absolute Gasteiger partial charge is 0.464 e. The number of H-pyrrole nitrogens is 1. The number of fused-ring (bicyclic) bond motifs is 1. The second-order valence-electron chi connectivity index (χ2n) is 5.00. The van der Waals surface area contributed by atoms with E-state index in [1.165, 1.54) is 6.33 Å². The van der Waals surface area contributed by atoms with E-state index < -0.39 is 0 Å². The first kappa shape index (κ1) is 13.2. The van der Waals surface area contributed by atoms with Crippen molar-refractivity contribution in [2.75, 3.05) is 11.1 Å². The van der Waals surface area contributed by atoms with Crippen LogP contribution in [-0.2, 0) is 0 Å². The van der Waals surface area contributed by atoms with Crippen LogP contribution in [0, 0.1) is 6.92 Å². The van der Waals surface area contributed by atoms with Crippen LogP contribution in [0.3, 0.4) is 0 Å². The Balaban J connectivity index is 1.97. The predicted octanol–water partition coefficient (Wildman–Crippen LogP) is 2.58. The molecule has 3 aromatic rings. The third-order valence-corrected chi connectivity index (χ3v) is 3.37. The molecule has 2 heterocycles. The summed E-state index contributed by atoms with van der Waals surface area (Å²) in [6, 6.07) is 7.20. The summed E-state index contributed by atoms with van der Waals surface area (Å²) in [4.78, 5) is 18.4. The number of aryl methyl sites for hydroxylation is 1. The van der Waals surface area contributed by atoms with Gasteiger partial charge in [0.15, 0.2) is 0 Å². The molecule has 21 heavy (non-hydrogen) atoms. The number of nitrogens with zero attached hydrogens (tertiary/aromatic N) is 1. The van der Waals surface area contributed by atoms with Crippen LogP contribution in [0.1, 0.15) is 24.5 Å². The number of furan rings is 1. The highest BCUT2D eigenvalue weighted by molar-refractivity contribution is 5.88. The lowest BCUT2D eigenvalue weighted by atomic mass is 10.1. The molecule has 0 aliphatic heterocycles. The van der Waals surface area contributed by atoms with Gasteiger partial charge in [-0.3, -0.25) is 4.79 Å². The molecule has 1 atom stereocenters. The molecule has 0 bridgehead atoms. The lowest BCUT2D eigenvalue weighted by Gasteiger charge is -2.15. The highest BCUT2D eigenvalue weighted by atomic mass is 16.3. The van der Waals surface area contributed by atoms with E-state index in [1.807, 2.05) is 26.0 Å². The van der Waals surface area contributed by atoms with Gasteiger partial charge in [-0.25, -0.2) is 4.98 Å². The van der Waals surface area contributed by atoms with Crippen LogP contribution in [0.25, 0.3) is 10.9 Å². The summed E-state index contributed by atoms with van der Waals surface area (Å²) in [6.07, 6.45) is 1.38. The van der Waals surface area contributed by atoms with Crippen molar-refractivity contribution in [1.82, 2.24) is 9.97 Å². The van der Waals surface area contributed by atoms with Crippen LogP contribution in [0.2, 0.25) is 0 Å². The van der Waals surface area contributed by atoms with Crippen molar-refractivity contribution in [2.45, 2.75) is 19.9 Å². The molecule has 4 N–H and O–H groups in total. The normalized spacial score (nSPS) is 12.5. The topological polar surface area (TPSA) is 96.9 Å². The third kappa shape index (κ3) is 2.47. The Labute approximate surface area is 121 Å². The van der Waals surface area contributed by atoms with Crippen molar-refractivity contribution in [3.8, 4) is 0 Å². The van der Waals surface area contributed by atoms with Gasteiger partial charge in [0.2, 0.25) is 0 Å². The minimum absolute atomic E-state index is 0.0413. The molecular weight excluding hydrogens is 268 g/mol. The summed E-state index contributed by atoms with van der Waals surface area (Å²) in [5.74, 6) is 1.68. The first-order valence-electron chi connectivity index (χ1n) is 6.64. The van der Waals surface area contributed by atoms with Crippen molar-refractivity contribution in [3.05, 3.63) is 52.5 Å². The summed E-state index contributed by atoms with van der Waals surface area (Å²) in [5.41, 5.74) is 7.63. The van der Waals surface area contributed by atoms with Crippen molar-refractivity contribution >= 4 is 22.3 Å². The number of benzene rings is 1. The maximum Gasteiger partial charge on any atom is 0.258 e. The molecule has 0 fully saturated rings. The van der Waals surface area contributed by atoms with Crippen molar-refractivity contribution in [2.24, 2.45) is 0 Å². The van der Waals surface area contributed by atoms with E-state index >= 15 is 0 Å². The Kier molecular flexibility index (Phi) is 3.13. The minimum atomic E-state index is -0.201. The molecule has 0 amide bonds. The Morgan fingerprint density at radius 1 is 1.38 bits per heavy atom. The lowest BCUT2D eigenvalue weighted by molar-refractivity contribution is 0.467. The van der Waals surface area contributed by atoms with E-state index in [0.29, 0.717) is 16.6 Å². The first-order valence-corrected chi connectivity index (χ1v) is 6.64. The van der Waals surface area contributed by atoms with Gasteiger partial charge in [-0.1, -0.05) is 0 Å². The molecule has 0 aliphatic rings. The zero-order chi connectivity index (χ0) is 15.0. The number of hydrogen-bond donors (Lipinski definition) is 3. The third-order valence-electron chi connectivity index (χ3n) is 3.37. The van der Waals surface area contributed by atoms with Gasteiger partial charge in [0.05, 0.1) is 34.6 Å². The highest BCUT2D eigenvalue weighted by Crippen LogP contribution is 2.27. The van der Waals surface area contributed by atoms with Gasteiger partial charge in [-0.2, -0.15) is 0 Å². The van der Waals surface area contributed by atoms with Gasteiger partial charge < -0.3 is 20.5 Å². The minimum Gasteiger partial charge on any atom is -0.464 e. The lowest BCUT2D eigenvalue weighted by Crippen LogP contribution is -2.10. The van der Waals surface area contributed by atoms with Crippen LogP contribution in [0.15, 0.2) is 39.8 Å². The highest BCUT2D eigenvalue weighted by Gasteiger charge is 2.12. The average Bonchev–Trinajstić information content (AvgIpc) is 2.88. The number of anilines is 2. The van der Waals surface area contributed by atoms with E-state index in [2.05, 4.69) is 15.3 Å². The van der Waals surface area contributed by atoms with Gasteiger partial charge in [0.25, 0.3) is 5.56 Å². The molecular formula is C15H16N4O2. The number of nitrogens with two attached hydrogens (primary N) is 1. The SMILES string of the molecule is Cc1ccc(C(C)Nc2cc3nc[nH]c(=O)c3cc2N)o1. The fraction of sp³-hybridized carbons (Fsp3) is 0.200. The van der Waals surface area contributed by atoms with Crippen LogP contribution in [0.4, 0.5) is 11.4 Å². The van der Waals surface area contributed by atoms with Crippen LogP contribution in [-0.4, -0.2) is 9.97 Å². The molecule has 3 rings (SSSR count). The van der Waals surface area contributed by atoms with E-state index in [1.54, 1.807) is 12.1 Å². The average molecular weight is 284 g/mol. The monoisotopic (exact) mass is 284 g/mol. The summed E-state index contributed by atoms with van der Waals surface area (Å²) >= 11 is 0. The molecule has 0 aliphatic carbocycles. The van der Waals surface area contributed by atoms with E-state index in [0.717, 1.165) is 17.2 Å². The number of aromatic nitrogens is 2. The van der Waals surface area contributed by atoms with Gasteiger partial charge in [-0.05, 0) is 38.1 Å². The number of nitrogen functional groups attached to an aromatic ring is 1.